The molecule has 11 heavy (non-hydrogen) atoms. The van der Waals surface area contributed by atoms with Crippen LogP contribution in [0.3, 0.4) is 0 Å². The molecule has 3 nitrogen and oxygen atoms in total. The lowest BCUT2D eigenvalue weighted by molar-refractivity contribution is 0.0519. The van der Waals surface area contributed by atoms with Gasteiger partial charge in [0.05, 0.1) is 6.61 Å². The van der Waals surface area contributed by atoms with E-state index < -0.39 is 11.1 Å². The second-order valence-corrected chi connectivity index (χ2v) is 3.78. The van der Waals surface area contributed by atoms with Gasteiger partial charge in [0.2, 0.25) is 0 Å². The highest BCUT2D eigenvalue weighted by atomic mass is 32.2. The molecule has 0 bridgehead atoms. The number of hydrogen-bond acceptors (Lipinski definition) is 3. The van der Waals surface area contributed by atoms with Gasteiger partial charge in [-0.15, -0.1) is 0 Å². The van der Waals surface area contributed by atoms with E-state index in [0.29, 0.717) is 12.5 Å². The van der Waals surface area contributed by atoms with Gasteiger partial charge in [-0.2, -0.15) is 0 Å². The van der Waals surface area contributed by atoms with Crippen molar-refractivity contribution in [2.24, 2.45) is 5.92 Å². The minimum atomic E-state index is -1.11. The Morgan fingerprint density at radius 2 is 2.18 bits per heavy atom. The molecule has 0 aromatic carbocycles. The highest BCUT2D eigenvalue weighted by Gasteiger charge is 2.14. The van der Waals surface area contributed by atoms with Crippen molar-refractivity contribution in [3.63, 3.8) is 0 Å². The van der Waals surface area contributed by atoms with Crippen molar-refractivity contribution in [1.29, 1.82) is 0 Å². The maximum atomic E-state index is 10.5. The van der Waals surface area contributed by atoms with Crippen LogP contribution < -0.4 is 0 Å². The summed E-state index contributed by atoms with van der Waals surface area (Å²) in [6.45, 7) is 2.27. The molecular weight excluding hydrogens is 164 g/mol. The molecule has 4 heteroatoms. The van der Waals surface area contributed by atoms with Crippen LogP contribution >= 0.6 is 0 Å². The lowest BCUT2D eigenvalue weighted by atomic mass is 10.0. The summed E-state index contributed by atoms with van der Waals surface area (Å²) in [6.07, 6.45) is 3.63. The molecule has 1 aliphatic rings. The van der Waals surface area contributed by atoms with E-state index in [1.54, 1.807) is 6.26 Å². The molecule has 1 heterocycles. The van der Waals surface area contributed by atoms with Crippen molar-refractivity contribution in [3.05, 3.63) is 0 Å². The maximum absolute atomic E-state index is 10.5. The van der Waals surface area contributed by atoms with Crippen molar-refractivity contribution in [3.8, 4) is 0 Å². The van der Waals surface area contributed by atoms with Gasteiger partial charge in [0.1, 0.15) is 0 Å². The van der Waals surface area contributed by atoms with E-state index in [2.05, 4.69) is 0 Å². The topological polar surface area (TPSA) is 35.5 Å². The van der Waals surface area contributed by atoms with Crippen LogP contribution in [0.15, 0.2) is 0 Å². The molecule has 1 fully saturated rings. The van der Waals surface area contributed by atoms with Crippen molar-refractivity contribution >= 4 is 11.1 Å². The van der Waals surface area contributed by atoms with Crippen LogP contribution in [0.4, 0.5) is 0 Å². The first-order chi connectivity index (χ1) is 5.29. The normalized spacial score (nSPS) is 23.4. The van der Waals surface area contributed by atoms with Crippen LogP contribution in [0.2, 0.25) is 0 Å². The summed E-state index contributed by atoms with van der Waals surface area (Å²) in [5, 5.41) is 0. The lowest BCUT2D eigenvalue weighted by Gasteiger charge is -2.20. The monoisotopic (exact) mass is 178 g/mol. The summed E-state index contributed by atoms with van der Waals surface area (Å²) in [6, 6.07) is 0. The zero-order valence-electron chi connectivity index (χ0n) is 6.75. The molecular formula is C7H14O3S. The first-order valence-electron chi connectivity index (χ1n) is 3.83. The summed E-state index contributed by atoms with van der Waals surface area (Å²) in [5.41, 5.74) is 0. The first kappa shape index (κ1) is 9.16. The van der Waals surface area contributed by atoms with Crippen LogP contribution in [0.5, 0.6) is 0 Å². The van der Waals surface area contributed by atoms with Crippen LogP contribution in [-0.2, 0) is 20.0 Å². The summed E-state index contributed by atoms with van der Waals surface area (Å²) in [5.74, 6) is 0.549. The average Bonchev–Trinajstić information content (AvgIpc) is 2.03. The van der Waals surface area contributed by atoms with Crippen molar-refractivity contribution in [1.82, 2.24) is 0 Å². The fourth-order valence-electron chi connectivity index (χ4n) is 1.11. The van der Waals surface area contributed by atoms with Gasteiger partial charge in [-0.25, -0.2) is 4.21 Å². The van der Waals surface area contributed by atoms with Gasteiger partial charge < -0.3 is 4.74 Å². The van der Waals surface area contributed by atoms with Gasteiger partial charge in [0, 0.05) is 19.5 Å². The molecule has 1 saturated heterocycles. The third-order valence-electron chi connectivity index (χ3n) is 1.81. The van der Waals surface area contributed by atoms with Gasteiger partial charge in [-0.3, -0.25) is 4.18 Å². The van der Waals surface area contributed by atoms with E-state index in [1.807, 2.05) is 0 Å². The molecule has 0 aromatic rings. The summed E-state index contributed by atoms with van der Waals surface area (Å²) < 4.78 is 20.7. The van der Waals surface area contributed by atoms with E-state index in [4.69, 9.17) is 8.92 Å². The maximum Gasteiger partial charge on any atom is 0.152 e. The molecule has 1 aliphatic heterocycles. The Kier molecular flexibility index (Phi) is 4.04. The van der Waals surface area contributed by atoms with Crippen LogP contribution in [0.25, 0.3) is 0 Å². The fraction of sp³-hybridized carbons (Fsp3) is 1.00. The average molecular weight is 178 g/mol. The molecule has 66 valence electrons. The molecule has 0 saturated carbocycles. The van der Waals surface area contributed by atoms with E-state index in [9.17, 15) is 4.21 Å². The van der Waals surface area contributed by atoms with E-state index in [-0.39, 0.29) is 0 Å². The molecule has 0 aromatic heterocycles. The Morgan fingerprint density at radius 3 is 2.73 bits per heavy atom. The molecule has 1 rings (SSSR count). The Bertz CT molecular complexity index is 132. The van der Waals surface area contributed by atoms with Gasteiger partial charge in [-0.1, -0.05) is 0 Å². The second kappa shape index (κ2) is 4.85. The highest BCUT2D eigenvalue weighted by Crippen LogP contribution is 2.14. The molecule has 1 unspecified atom stereocenters. The SMILES string of the molecule is CS(=O)OCC1CCOCC1. The molecule has 1 atom stereocenters. The van der Waals surface area contributed by atoms with Gasteiger partial charge in [-0.05, 0) is 18.8 Å². The zero-order chi connectivity index (χ0) is 8.10. The summed E-state index contributed by atoms with van der Waals surface area (Å²) >= 11 is -1.11. The fourth-order valence-corrected chi connectivity index (χ4v) is 1.49. The van der Waals surface area contributed by atoms with Crippen molar-refractivity contribution < 1.29 is 13.1 Å². The number of ether oxygens (including phenoxy) is 1. The minimum absolute atomic E-state index is 0.549. The summed E-state index contributed by atoms with van der Waals surface area (Å²) in [4.78, 5) is 0. The number of hydrogen-bond donors (Lipinski definition) is 0. The van der Waals surface area contributed by atoms with Crippen molar-refractivity contribution in [2.75, 3.05) is 26.1 Å². The lowest BCUT2D eigenvalue weighted by Crippen LogP contribution is -2.20. The van der Waals surface area contributed by atoms with Gasteiger partial charge >= 0.3 is 0 Å². The molecule has 0 radical (unpaired) electrons. The predicted molar refractivity (Wildman–Crippen MR) is 43.6 cm³/mol. The van der Waals surface area contributed by atoms with Gasteiger partial charge in [0.25, 0.3) is 0 Å². The molecule has 0 N–H and O–H groups in total. The van der Waals surface area contributed by atoms with E-state index >= 15 is 0 Å². The highest BCUT2D eigenvalue weighted by molar-refractivity contribution is 7.79. The Hall–Kier alpha value is 0.0700. The zero-order valence-corrected chi connectivity index (χ0v) is 7.56. The quantitative estimate of drug-likeness (QED) is 0.639. The molecule has 0 spiro atoms. The van der Waals surface area contributed by atoms with E-state index in [0.717, 1.165) is 26.1 Å². The van der Waals surface area contributed by atoms with Crippen molar-refractivity contribution in [2.45, 2.75) is 12.8 Å². The first-order valence-corrected chi connectivity index (χ1v) is 5.32. The Labute approximate surface area is 69.7 Å². The van der Waals surface area contributed by atoms with Crippen LogP contribution in [0.1, 0.15) is 12.8 Å². The second-order valence-electron chi connectivity index (χ2n) is 2.74. The standard InChI is InChI=1S/C7H14O3S/c1-11(8)10-6-7-2-4-9-5-3-7/h7H,2-6H2,1H3. The van der Waals surface area contributed by atoms with Gasteiger partial charge in [0.15, 0.2) is 11.1 Å². The third kappa shape index (κ3) is 3.84. The van der Waals surface area contributed by atoms with Crippen LogP contribution in [-0.4, -0.2) is 30.3 Å². The molecule has 0 amide bonds. The van der Waals surface area contributed by atoms with Crippen LogP contribution in [0, 0.1) is 5.92 Å². The van der Waals surface area contributed by atoms with E-state index in [1.165, 1.54) is 0 Å². The minimum Gasteiger partial charge on any atom is -0.381 e. The summed E-state index contributed by atoms with van der Waals surface area (Å²) in [7, 11) is 0. The Morgan fingerprint density at radius 1 is 1.55 bits per heavy atom. The Balaban J connectivity index is 2.09. The molecule has 0 aliphatic carbocycles. The largest absolute Gasteiger partial charge is 0.381 e. The third-order valence-corrected chi connectivity index (χ3v) is 2.28. The number of rotatable bonds is 3. The predicted octanol–water partition coefficient (Wildman–Crippen LogP) is 0.723. The smallest absolute Gasteiger partial charge is 0.152 e.